The zero-order valence-electron chi connectivity index (χ0n) is 12.8. The van der Waals surface area contributed by atoms with Crippen molar-refractivity contribution in [1.29, 1.82) is 0 Å². The maximum Gasteiger partial charge on any atom is 0.118 e. The van der Waals surface area contributed by atoms with Crippen LogP contribution in [0.5, 0.6) is 5.75 Å². The van der Waals surface area contributed by atoms with Crippen molar-refractivity contribution >= 4 is 11.8 Å². The number of hydrogen-bond donors (Lipinski definition) is 1. The molecule has 0 aliphatic carbocycles. The van der Waals surface area contributed by atoms with Gasteiger partial charge in [0.05, 0.1) is 7.11 Å². The Hall–Kier alpha value is -0.670. The van der Waals surface area contributed by atoms with E-state index in [0.717, 1.165) is 18.0 Å². The lowest BCUT2D eigenvalue weighted by Gasteiger charge is -2.31. The van der Waals surface area contributed by atoms with E-state index in [-0.39, 0.29) is 5.41 Å². The predicted octanol–water partition coefficient (Wildman–Crippen LogP) is 4.20. The van der Waals surface area contributed by atoms with Crippen LogP contribution in [0.25, 0.3) is 0 Å². The van der Waals surface area contributed by atoms with Gasteiger partial charge in [0, 0.05) is 16.7 Å². The van der Waals surface area contributed by atoms with Gasteiger partial charge < -0.3 is 10.1 Å². The lowest BCUT2D eigenvalue weighted by atomic mass is 9.88. The number of benzene rings is 1. The second kappa shape index (κ2) is 7.81. The summed E-state index contributed by atoms with van der Waals surface area (Å²) in [5.74, 6) is 2.01. The van der Waals surface area contributed by atoms with Crippen molar-refractivity contribution < 1.29 is 4.74 Å². The summed E-state index contributed by atoms with van der Waals surface area (Å²) in [6.07, 6.45) is 1.18. The number of hydrogen-bond acceptors (Lipinski definition) is 3. The molecule has 1 rings (SSSR count). The molecule has 0 radical (unpaired) electrons. The number of thioether (sulfide) groups is 1. The van der Waals surface area contributed by atoms with E-state index in [0.29, 0.717) is 6.04 Å². The third-order valence-electron chi connectivity index (χ3n) is 3.16. The largest absolute Gasteiger partial charge is 0.497 e. The van der Waals surface area contributed by atoms with Gasteiger partial charge in [-0.2, -0.15) is 0 Å². The van der Waals surface area contributed by atoms with Crippen molar-refractivity contribution in [3.63, 3.8) is 0 Å². The molecule has 1 N–H and O–H groups in total. The summed E-state index contributed by atoms with van der Waals surface area (Å²) in [4.78, 5) is 1.30. The van der Waals surface area contributed by atoms with Gasteiger partial charge in [-0.1, -0.05) is 27.7 Å². The molecular formula is C16H27NOS. The van der Waals surface area contributed by atoms with Crippen LogP contribution in [0, 0.1) is 5.41 Å². The Labute approximate surface area is 122 Å². The first kappa shape index (κ1) is 16.4. The monoisotopic (exact) mass is 281 g/mol. The first-order chi connectivity index (χ1) is 8.97. The molecule has 1 aromatic carbocycles. The lowest BCUT2D eigenvalue weighted by molar-refractivity contribution is 0.292. The predicted molar refractivity (Wildman–Crippen MR) is 85.3 cm³/mol. The first-order valence-electron chi connectivity index (χ1n) is 6.97. The molecule has 0 spiro atoms. The quantitative estimate of drug-likeness (QED) is 0.757. The smallest absolute Gasteiger partial charge is 0.118 e. The normalized spacial score (nSPS) is 13.3. The number of ether oxygens (including phenoxy) is 1. The second-order valence-electron chi connectivity index (χ2n) is 5.86. The van der Waals surface area contributed by atoms with Crippen LogP contribution in [0.2, 0.25) is 0 Å². The van der Waals surface area contributed by atoms with Crippen molar-refractivity contribution in [3.8, 4) is 5.75 Å². The topological polar surface area (TPSA) is 21.3 Å². The third kappa shape index (κ3) is 5.87. The molecule has 3 heteroatoms. The number of rotatable bonds is 7. The van der Waals surface area contributed by atoms with Gasteiger partial charge in [0.25, 0.3) is 0 Å². The highest BCUT2D eigenvalue weighted by Crippen LogP contribution is 2.27. The van der Waals surface area contributed by atoms with Crippen LogP contribution in [0.1, 0.15) is 34.1 Å². The van der Waals surface area contributed by atoms with Crippen molar-refractivity contribution in [2.75, 3.05) is 19.4 Å². The van der Waals surface area contributed by atoms with Crippen LogP contribution in [0.4, 0.5) is 0 Å². The zero-order valence-corrected chi connectivity index (χ0v) is 13.6. The van der Waals surface area contributed by atoms with E-state index < -0.39 is 0 Å². The maximum absolute atomic E-state index is 5.18. The van der Waals surface area contributed by atoms with Gasteiger partial charge in [-0.25, -0.2) is 0 Å². The Morgan fingerprint density at radius 3 is 2.32 bits per heavy atom. The van der Waals surface area contributed by atoms with E-state index >= 15 is 0 Å². The van der Waals surface area contributed by atoms with E-state index in [1.54, 1.807) is 7.11 Å². The molecule has 19 heavy (non-hydrogen) atoms. The van der Waals surface area contributed by atoms with Gasteiger partial charge >= 0.3 is 0 Å². The highest BCUT2D eigenvalue weighted by molar-refractivity contribution is 7.99. The molecule has 1 atom stereocenters. The average Bonchev–Trinajstić information content (AvgIpc) is 2.38. The summed E-state index contributed by atoms with van der Waals surface area (Å²) in [5.41, 5.74) is 0.286. The Morgan fingerprint density at radius 1 is 1.21 bits per heavy atom. The molecule has 0 saturated carbocycles. The molecule has 0 saturated heterocycles. The van der Waals surface area contributed by atoms with E-state index in [2.05, 4.69) is 45.1 Å². The fourth-order valence-corrected chi connectivity index (χ4v) is 3.09. The van der Waals surface area contributed by atoms with Crippen LogP contribution < -0.4 is 10.1 Å². The molecular weight excluding hydrogens is 254 g/mol. The molecule has 108 valence electrons. The Bertz CT molecular complexity index is 356. The van der Waals surface area contributed by atoms with Gasteiger partial charge in [0.1, 0.15) is 5.75 Å². The first-order valence-corrected chi connectivity index (χ1v) is 7.96. The van der Waals surface area contributed by atoms with Crippen molar-refractivity contribution in [1.82, 2.24) is 5.32 Å². The van der Waals surface area contributed by atoms with E-state index in [1.807, 2.05) is 23.9 Å². The molecule has 0 heterocycles. The number of nitrogens with one attached hydrogen (secondary N) is 1. The van der Waals surface area contributed by atoms with Crippen LogP contribution in [-0.2, 0) is 0 Å². The van der Waals surface area contributed by atoms with E-state index in [4.69, 9.17) is 4.74 Å². The second-order valence-corrected chi connectivity index (χ2v) is 6.95. The molecule has 0 aliphatic rings. The molecule has 0 amide bonds. The molecule has 0 bridgehead atoms. The van der Waals surface area contributed by atoms with E-state index in [9.17, 15) is 0 Å². The third-order valence-corrected chi connectivity index (χ3v) is 4.27. The van der Waals surface area contributed by atoms with Crippen LogP contribution >= 0.6 is 11.8 Å². The summed E-state index contributed by atoms with van der Waals surface area (Å²) in [5, 5.41) is 3.66. The molecule has 1 unspecified atom stereocenters. The van der Waals surface area contributed by atoms with Crippen LogP contribution in [0.3, 0.4) is 0 Å². The molecule has 0 aliphatic heterocycles. The van der Waals surface area contributed by atoms with Crippen molar-refractivity contribution in [2.24, 2.45) is 5.41 Å². The summed E-state index contributed by atoms with van der Waals surface area (Å²) in [7, 11) is 1.70. The SMILES string of the molecule is CCCNC(CSc1ccc(OC)cc1)C(C)(C)C. The Morgan fingerprint density at radius 2 is 1.84 bits per heavy atom. The van der Waals surface area contributed by atoms with Gasteiger partial charge in [-0.05, 0) is 42.6 Å². The standard InChI is InChI=1S/C16H27NOS/c1-6-11-17-15(16(2,3)4)12-19-14-9-7-13(18-5)8-10-14/h7-10,15,17H,6,11-12H2,1-5H3. The minimum Gasteiger partial charge on any atom is -0.497 e. The van der Waals surface area contributed by atoms with Crippen LogP contribution in [0.15, 0.2) is 29.2 Å². The summed E-state index contributed by atoms with van der Waals surface area (Å²) >= 11 is 1.91. The Balaban J connectivity index is 2.54. The fraction of sp³-hybridized carbons (Fsp3) is 0.625. The van der Waals surface area contributed by atoms with Gasteiger partial charge in [-0.15, -0.1) is 11.8 Å². The number of methoxy groups -OCH3 is 1. The summed E-state index contributed by atoms with van der Waals surface area (Å²) < 4.78 is 5.18. The minimum absolute atomic E-state index is 0.286. The highest BCUT2D eigenvalue weighted by Gasteiger charge is 2.23. The minimum atomic E-state index is 0.286. The average molecular weight is 281 g/mol. The highest BCUT2D eigenvalue weighted by atomic mass is 32.2. The van der Waals surface area contributed by atoms with E-state index in [1.165, 1.54) is 11.3 Å². The van der Waals surface area contributed by atoms with Gasteiger partial charge in [0.15, 0.2) is 0 Å². The molecule has 0 fully saturated rings. The molecule has 1 aromatic rings. The zero-order chi connectivity index (χ0) is 14.3. The Kier molecular flexibility index (Phi) is 6.73. The summed E-state index contributed by atoms with van der Waals surface area (Å²) in [6.45, 7) is 10.2. The van der Waals surface area contributed by atoms with Crippen LogP contribution in [-0.4, -0.2) is 25.4 Å². The van der Waals surface area contributed by atoms with Gasteiger partial charge in [0.2, 0.25) is 0 Å². The molecule has 2 nitrogen and oxygen atoms in total. The van der Waals surface area contributed by atoms with Crippen molar-refractivity contribution in [3.05, 3.63) is 24.3 Å². The lowest BCUT2D eigenvalue weighted by Crippen LogP contribution is -2.42. The summed E-state index contributed by atoms with van der Waals surface area (Å²) in [6, 6.07) is 8.83. The fourth-order valence-electron chi connectivity index (χ4n) is 1.79. The maximum atomic E-state index is 5.18. The van der Waals surface area contributed by atoms with Gasteiger partial charge in [-0.3, -0.25) is 0 Å². The molecule has 0 aromatic heterocycles. The van der Waals surface area contributed by atoms with Crippen molar-refractivity contribution in [2.45, 2.75) is 45.1 Å².